The Bertz CT molecular complexity index is 768. The molecule has 134 valence electrons. The first-order chi connectivity index (χ1) is 12.0. The zero-order chi connectivity index (χ0) is 18.0. The standard InChI is InChI=1S/C16H17F2N3O4/c1-24-8-14-19-15(25-20-14)12-6-21(5-9(12)7-22)16(23)11-4-10(17)2-3-13(11)18/h2-4,9,12,22H,5-8H2,1H3. The molecule has 7 nitrogen and oxygen atoms in total. The molecule has 1 aromatic carbocycles. The number of rotatable bonds is 5. The van der Waals surface area contributed by atoms with Gasteiger partial charge in [-0.1, -0.05) is 5.16 Å². The fourth-order valence-corrected chi connectivity index (χ4v) is 2.94. The van der Waals surface area contributed by atoms with Crippen molar-refractivity contribution < 1.29 is 27.9 Å². The zero-order valence-corrected chi connectivity index (χ0v) is 13.5. The van der Waals surface area contributed by atoms with Gasteiger partial charge in [-0.15, -0.1) is 0 Å². The van der Waals surface area contributed by atoms with Gasteiger partial charge in [-0.2, -0.15) is 4.98 Å². The third-order valence-electron chi connectivity index (χ3n) is 4.20. The van der Waals surface area contributed by atoms with Gasteiger partial charge in [-0.05, 0) is 18.2 Å². The van der Waals surface area contributed by atoms with Crippen LogP contribution in [0.25, 0.3) is 0 Å². The molecule has 1 aliphatic heterocycles. The summed E-state index contributed by atoms with van der Waals surface area (Å²) in [4.78, 5) is 18.1. The number of amides is 1. The maximum atomic E-state index is 13.8. The molecule has 2 aromatic rings. The van der Waals surface area contributed by atoms with Gasteiger partial charge in [0.1, 0.15) is 18.2 Å². The summed E-state index contributed by atoms with van der Waals surface area (Å²) < 4.78 is 37.3. The van der Waals surface area contributed by atoms with E-state index < -0.39 is 17.5 Å². The summed E-state index contributed by atoms with van der Waals surface area (Å²) in [6.07, 6.45) is 0. The molecule has 2 atom stereocenters. The third kappa shape index (κ3) is 3.52. The van der Waals surface area contributed by atoms with E-state index in [1.54, 1.807) is 0 Å². The first kappa shape index (κ1) is 17.4. The maximum absolute atomic E-state index is 13.8. The molecular formula is C16H17F2N3O4. The number of hydrogen-bond donors (Lipinski definition) is 1. The molecule has 9 heteroatoms. The summed E-state index contributed by atoms with van der Waals surface area (Å²) in [7, 11) is 1.50. The Hall–Kier alpha value is -2.39. The minimum Gasteiger partial charge on any atom is -0.396 e. The van der Waals surface area contributed by atoms with Gasteiger partial charge in [0.15, 0.2) is 5.82 Å². The minimum atomic E-state index is -0.796. The van der Waals surface area contributed by atoms with E-state index in [1.165, 1.54) is 12.0 Å². The van der Waals surface area contributed by atoms with E-state index in [1.807, 2.05) is 0 Å². The number of benzene rings is 1. The quantitative estimate of drug-likeness (QED) is 0.873. The van der Waals surface area contributed by atoms with E-state index in [9.17, 15) is 18.7 Å². The van der Waals surface area contributed by atoms with E-state index in [0.717, 1.165) is 18.2 Å². The predicted molar refractivity (Wildman–Crippen MR) is 80.6 cm³/mol. The average molecular weight is 353 g/mol. The average Bonchev–Trinajstić information content (AvgIpc) is 3.23. The number of ether oxygens (including phenoxy) is 1. The van der Waals surface area contributed by atoms with Crippen molar-refractivity contribution in [2.45, 2.75) is 12.5 Å². The molecule has 1 N–H and O–H groups in total. The second kappa shape index (κ2) is 7.24. The number of hydrogen-bond acceptors (Lipinski definition) is 6. The molecule has 0 spiro atoms. The fourth-order valence-electron chi connectivity index (χ4n) is 2.94. The Morgan fingerprint density at radius 3 is 2.96 bits per heavy atom. The van der Waals surface area contributed by atoms with Crippen molar-refractivity contribution in [1.29, 1.82) is 0 Å². The summed E-state index contributed by atoms with van der Waals surface area (Å²) in [5.41, 5.74) is -0.344. The first-order valence-electron chi connectivity index (χ1n) is 7.70. The van der Waals surface area contributed by atoms with E-state index in [4.69, 9.17) is 9.26 Å². The van der Waals surface area contributed by atoms with Crippen LogP contribution in [0.1, 0.15) is 28.0 Å². The van der Waals surface area contributed by atoms with Gasteiger partial charge in [0.25, 0.3) is 5.91 Å². The van der Waals surface area contributed by atoms with Gasteiger partial charge in [0.2, 0.25) is 5.89 Å². The molecule has 0 bridgehead atoms. The second-order valence-corrected chi connectivity index (χ2v) is 5.87. The van der Waals surface area contributed by atoms with Crippen molar-refractivity contribution in [2.75, 3.05) is 26.8 Å². The molecule has 1 aromatic heterocycles. The normalized spacial score (nSPS) is 20.2. The highest BCUT2D eigenvalue weighted by atomic mass is 19.1. The summed E-state index contributed by atoms with van der Waals surface area (Å²) in [5, 5.41) is 13.4. The van der Waals surface area contributed by atoms with Crippen LogP contribution in [0.4, 0.5) is 8.78 Å². The second-order valence-electron chi connectivity index (χ2n) is 5.87. The summed E-state index contributed by atoms with van der Waals surface area (Å²) in [6.45, 7) is 0.311. The molecule has 1 fully saturated rings. The summed E-state index contributed by atoms with van der Waals surface area (Å²) in [5.74, 6) is -2.22. The lowest BCUT2D eigenvalue weighted by Crippen LogP contribution is -2.30. The van der Waals surface area contributed by atoms with E-state index in [0.29, 0.717) is 5.82 Å². The predicted octanol–water partition coefficient (Wildman–Crippen LogP) is 1.34. The van der Waals surface area contributed by atoms with Crippen LogP contribution < -0.4 is 0 Å². The third-order valence-corrected chi connectivity index (χ3v) is 4.20. The number of likely N-dealkylation sites (tertiary alicyclic amines) is 1. The summed E-state index contributed by atoms with van der Waals surface area (Å²) in [6, 6.07) is 2.72. The van der Waals surface area contributed by atoms with Crippen LogP contribution in [0.15, 0.2) is 22.7 Å². The van der Waals surface area contributed by atoms with Gasteiger partial charge in [-0.3, -0.25) is 4.79 Å². The topological polar surface area (TPSA) is 88.7 Å². The lowest BCUT2D eigenvalue weighted by molar-refractivity contribution is 0.0776. The SMILES string of the molecule is COCc1noc(C2CN(C(=O)c3cc(F)ccc3F)CC2CO)n1. The highest BCUT2D eigenvalue weighted by molar-refractivity contribution is 5.94. The van der Waals surface area contributed by atoms with Crippen molar-refractivity contribution in [2.24, 2.45) is 5.92 Å². The van der Waals surface area contributed by atoms with E-state index >= 15 is 0 Å². The first-order valence-corrected chi connectivity index (χ1v) is 7.70. The fraction of sp³-hybridized carbons (Fsp3) is 0.438. The van der Waals surface area contributed by atoms with Crippen LogP contribution in [0.3, 0.4) is 0 Å². The largest absolute Gasteiger partial charge is 0.396 e. The highest BCUT2D eigenvalue weighted by Crippen LogP contribution is 2.32. The molecule has 1 saturated heterocycles. The molecule has 2 unspecified atom stereocenters. The van der Waals surface area contributed by atoms with Crippen LogP contribution in [0, 0.1) is 17.6 Å². The maximum Gasteiger partial charge on any atom is 0.256 e. The van der Waals surface area contributed by atoms with Crippen molar-refractivity contribution >= 4 is 5.91 Å². The van der Waals surface area contributed by atoms with Gasteiger partial charge < -0.3 is 19.3 Å². The Morgan fingerprint density at radius 1 is 1.44 bits per heavy atom. The van der Waals surface area contributed by atoms with Crippen LogP contribution >= 0.6 is 0 Å². The molecule has 0 aliphatic carbocycles. The molecule has 3 rings (SSSR count). The van der Waals surface area contributed by atoms with Crippen LogP contribution in [0.2, 0.25) is 0 Å². The van der Waals surface area contributed by atoms with Crippen LogP contribution in [-0.4, -0.2) is 52.9 Å². The van der Waals surface area contributed by atoms with Crippen LogP contribution in [-0.2, 0) is 11.3 Å². The van der Waals surface area contributed by atoms with Crippen molar-refractivity contribution in [3.05, 3.63) is 47.1 Å². The number of nitrogens with zero attached hydrogens (tertiary/aromatic N) is 3. The number of methoxy groups -OCH3 is 1. The van der Waals surface area contributed by atoms with Gasteiger partial charge in [0.05, 0.1) is 11.5 Å². The van der Waals surface area contributed by atoms with Crippen LogP contribution in [0.5, 0.6) is 0 Å². The lowest BCUT2D eigenvalue weighted by Gasteiger charge is -2.16. The Labute approximate surface area is 142 Å². The number of carbonyl (C=O) groups is 1. The number of aromatic nitrogens is 2. The van der Waals surface area contributed by atoms with Crippen molar-refractivity contribution in [1.82, 2.24) is 15.0 Å². The minimum absolute atomic E-state index is 0.161. The van der Waals surface area contributed by atoms with Gasteiger partial charge >= 0.3 is 0 Å². The molecule has 0 saturated carbocycles. The Balaban J connectivity index is 1.80. The van der Waals surface area contributed by atoms with Gasteiger partial charge in [0, 0.05) is 32.7 Å². The van der Waals surface area contributed by atoms with Crippen molar-refractivity contribution in [3.8, 4) is 0 Å². The molecule has 1 amide bonds. The smallest absolute Gasteiger partial charge is 0.256 e. The van der Waals surface area contributed by atoms with E-state index in [2.05, 4.69) is 10.1 Å². The molecular weight excluding hydrogens is 336 g/mol. The monoisotopic (exact) mass is 353 g/mol. The highest BCUT2D eigenvalue weighted by Gasteiger charge is 2.39. The molecule has 2 heterocycles. The number of aliphatic hydroxyl groups is 1. The zero-order valence-electron chi connectivity index (χ0n) is 13.5. The molecule has 0 radical (unpaired) electrons. The molecule has 25 heavy (non-hydrogen) atoms. The number of carbonyl (C=O) groups excluding carboxylic acids is 1. The van der Waals surface area contributed by atoms with Gasteiger partial charge in [-0.25, -0.2) is 8.78 Å². The van der Waals surface area contributed by atoms with E-state index in [-0.39, 0.29) is 49.6 Å². The lowest BCUT2D eigenvalue weighted by atomic mass is 9.97. The Kier molecular flexibility index (Phi) is 5.05. The summed E-state index contributed by atoms with van der Waals surface area (Å²) >= 11 is 0. The number of aliphatic hydroxyl groups excluding tert-OH is 1. The van der Waals surface area contributed by atoms with Crippen molar-refractivity contribution in [3.63, 3.8) is 0 Å². The molecule has 1 aliphatic rings. The number of halogens is 2. The Morgan fingerprint density at radius 2 is 2.24 bits per heavy atom.